The molecule has 1 unspecified atom stereocenters. The lowest BCUT2D eigenvalue weighted by Gasteiger charge is -2.16. The van der Waals surface area contributed by atoms with Crippen LogP contribution in [0.3, 0.4) is 0 Å². The van der Waals surface area contributed by atoms with Gasteiger partial charge in [0.25, 0.3) is 0 Å². The van der Waals surface area contributed by atoms with E-state index in [1.165, 1.54) is 104 Å². The molecule has 0 bridgehead atoms. The minimum atomic E-state index is -0.884. The lowest BCUT2D eigenvalue weighted by molar-refractivity contribution is -0.136. The molecule has 0 rings (SSSR count). The minimum Gasteiger partial charge on any atom is -0.464 e. The average Bonchev–Trinajstić information content (AvgIpc) is 2.89. The smallest absolute Gasteiger partial charge is 0.411 e. The Morgan fingerprint density at radius 1 is 0.676 bits per heavy atom. The fourth-order valence-electron chi connectivity index (χ4n) is 3.77. The molecule has 0 aliphatic carbocycles. The van der Waals surface area contributed by atoms with Crippen molar-refractivity contribution in [2.45, 2.75) is 116 Å². The van der Waals surface area contributed by atoms with Gasteiger partial charge >= 0.3 is 18.2 Å². The van der Waals surface area contributed by atoms with E-state index < -0.39 is 24.3 Å². The topological polar surface area (TPSA) is 112 Å². The van der Waals surface area contributed by atoms with Crippen LogP contribution in [-0.2, 0) is 23.7 Å². The number of unbranched alkanes of at least 4 members (excludes halogenated alkanes) is 15. The molecule has 0 aromatic rings. The van der Waals surface area contributed by atoms with Crippen LogP contribution in [0.4, 0.5) is 9.59 Å². The second kappa shape index (κ2) is 25.4. The molecule has 216 valence electrons. The third-order valence-electron chi connectivity index (χ3n) is 6.12. The van der Waals surface area contributed by atoms with Crippen LogP contribution in [0.1, 0.15) is 110 Å². The van der Waals surface area contributed by atoms with Crippen molar-refractivity contribution in [1.82, 2.24) is 10.6 Å². The second-order valence-corrected chi connectivity index (χ2v) is 9.38. The van der Waals surface area contributed by atoms with Crippen LogP contribution in [-0.4, -0.2) is 58.2 Å². The summed E-state index contributed by atoms with van der Waals surface area (Å²) in [6.45, 7) is 5.94. The summed E-state index contributed by atoms with van der Waals surface area (Å²) in [5.41, 5.74) is -0.244. The van der Waals surface area contributed by atoms with Crippen molar-refractivity contribution in [3.05, 3.63) is 12.3 Å². The van der Waals surface area contributed by atoms with Crippen LogP contribution in [0, 0.1) is 0 Å². The predicted molar refractivity (Wildman–Crippen MR) is 145 cm³/mol. The molecule has 0 aromatic heterocycles. The summed E-state index contributed by atoms with van der Waals surface area (Å²) in [5, 5.41) is 4.87. The van der Waals surface area contributed by atoms with Gasteiger partial charge in [0.15, 0.2) is 0 Å². The van der Waals surface area contributed by atoms with Crippen molar-refractivity contribution < 1.29 is 33.3 Å². The van der Waals surface area contributed by atoms with Crippen molar-refractivity contribution in [1.29, 1.82) is 0 Å². The molecule has 37 heavy (non-hydrogen) atoms. The summed E-state index contributed by atoms with van der Waals surface area (Å²) >= 11 is 0. The minimum absolute atomic E-state index is 0.0769. The van der Waals surface area contributed by atoms with E-state index in [4.69, 9.17) is 14.2 Å². The molecule has 0 heterocycles. The number of carbonyl (C=O) groups excluding carboxylic acids is 3. The van der Waals surface area contributed by atoms with E-state index in [0.29, 0.717) is 6.54 Å². The number of amides is 2. The molecule has 9 heteroatoms. The van der Waals surface area contributed by atoms with Gasteiger partial charge in [-0.1, -0.05) is 110 Å². The Kier molecular flexibility index (Phi) is 23.8. The highest BCUT2D eigenvalue weighted by molar-refractivity contribution is 5.91. The second-order valence-electron chi connectivity index (χ2n) is 9.38. The van der Waals surface area contributed by atoms with Crippen molar-refractivity contribution in [2.24, 2.45) is 0 Å². The SMILES string of the molecule is C=C(NC(=O)OCC(COC(=O)NCCCCCCCCCCCCCCCCCC)OC)C(=O)OC. The molecule has 0 aliphatic heterocycles. The van der Waals surface area contributed by atoms with Crippen LogP contribution in [0.15, 0.2) is 12.3 Å². The summed E-state index contributed by atoms with van der Waals surface area (Å²) in [5.74, 6) is -0.774. The van der Waals surface area contributed by atoms with Crippen molar-refractivity contribution >= 4 is 18.2 Å². The van der Waals surface area contributed by atoms with Crippen molar-refractivity contribution in [3.63, 3.8) is 0 Å². The van der Waals surface area contributed by atoms with Gasteiger partial charge in [-0.05, 0) is 6.42 Å². The lowest BCUT2D eigenvalue weighted by atomic mass is 10.0. The third kappa shape index (κ3) is 22.6. The fourth-order valence-corrected chi connectivity index (χ4v) is 3.77. The molecule has 0 spiro atoms. The molecular weight excluding hydrogens is 476 g/mol. The van der Waals surface area contributed by atoms with Gasteiger partial charge in [0.2, 0.25) is 0 Å². The molecular formula is C28H52N2O7. The first-order valence-corrected chi connectivity index (χ1v) is 14.1. The number of alkyl carbamates (subject to hydrolysis) is 2. The molecule has 0 fully saturated rings. The Labute approximate surface area is 224 Å². The van der Waals surface area contributed by atoms with E-state index in [1.807, 2.05) is 0 Å². The van der Waals surface area contributed by atoms with Gasteiger partial charge in [-0.15, -0.1) is 0 Å². The third-order valence-corrected chi connectivity index (χ3v) is 6.12. The van der Waals surface area contributed by atoms with Crippen molar-refractivity contribution in [2.75, 3.05) is 34.0 Å². The molecule has 1 atom stereocenters. The van der Waals surface area contributed by atoms with Crippen molar-refractivity contribution in [3.8, 4) is 0 Å². The Hall–Kier alpha value is -2.29. The number of hydrogen-bond acceptors (Lipinski definition) is 7. The van der Waals surface area contributed by atoms with E-state index in [0.717, 1.165) is 12.8 Å². The number of rotatable bonds is 24. The van der Waals surface area contributed by atoms with Gasteiger partial charge in [-0.3, -0.25) is 5.32 Å². The molecule has 2 N–H and O–H groups in total. The van der Waals surface area contributed by atoms with Gasteiger partial charge in [-0.2, -0.15) is 0 Å². The lowest BCUT2D eigenvalue weighted by Crippen LogP contribution is -2.34. The highest BCUT2D eigenvalue weighted by Gasteiger charge is 2.16. The standard InChI is InChI=1S/C28H52N2O7/c1-5-6-7-8-9-10-11-12-13-14-15-16-17-18-19-20-21-29-27(32)36-22-25(34-3)23-37-28(33)30-24(2)26(31)35-4/h25H,2,5-23H2,1,3-4H3,(H,29,32)(H,30,33). The molecule has 2 amide bonds. The van der Waals surface area contributed by atoms with Crippen LogP contribution >= 0.6 is 0 Å². The molecule has 0 saturated carbocycles. The number of esters is 1. The van der Waals surface area contributed by atoms with Gasteiger partial charge in [0.1, 0.15) is 25.0 Å². The van der Waals surface area contributed by atoms with E-state index in [2.05, 4.69) is 28.9 Å². The zero-order valence-corrected chi connectivity index (χ0v) is 23.6. The summed E-state index contributed by atoms with van der Waals surface area (Å²) in [7, 11) is 2.58. The predicted octanol–water partition coefficient (Wildman–Crippen LogP) is 6.40. The van der Waals surface area contributed by atoms with E-state index in [-0.39, 0.29) is 18.9 Å². The highest BCUT2D eigenvalue weighted by Crippen LogP contribution is 2.13. The van der Waals surface area contributed by atoms with Gasteiger partial charge < -0.3 is 24.3 Å². The van der Waals surface area contributed by atoms with E-state index in [9.17, 15) is 14.4 Å². The summed E-state index contributed by atoms with van der Waals surface area (Å²) < 4.78 is 19.6. The summed E-state index contributed by atoms with van der Waals surface area (Å²) in [6.07, 6.45) is 18.8. The van der Waals surface area contributed by atoms with Crippen LogP contribution in [0.2, 0.25) is 0 Å². The van der Waals surface area contributed by atoms with Crippen LogP contribution in [0.25, 0.3) is 0 Å². The Balaban J connectivity index is 3.55. The number of methoxy groups -OCH3 is 2. The molecule has 0 aromatic carbocycles. The maximum atomic E-state index is 11.8. The first-order valence-electron chi connectivity index (χ1n) is 14.1. The highest BCUT2D eigenvalue weighted by atomic mass is 16.6. The van der Waals surface area contributed by atoms with E-state index in [1.54, 1.807) is 0 Å². The maximum Gasteiger partial charge on any atom is 0.411 e. The Morgan fingerprint density at radius 2 is 1.11 bits per heavy atom. The molecule has 0 radical (unpaired) electrons. The fraction of sp³-hybridized carbons (Fsp3) is 0.821. The zero-order valence-electron chi connectivity index (χ0n) is 23.6. The number of nitrogens with one attached hydrogen (secondary N) is 2. The maximum absolute atomic E-state index is 11.8. The average molecular weight is 529 g/mol. The molecule has 9 nitrogen and oxygen atoms in total. The Bertz CT molecular complexity index is 613. The van der Waals surface area contributed by atoms with Gasteiger partial charge in [0.05, 0.1) is 7.11 Å². The van der Waals surface area contributed by atoms with Gasteiger partial charge in [-0.25, -0.2) is 14.4 Å². The van der Waals surface area contributed by atoms with E-state index >= 15 is 0 Å². The zero-order chi connectivity index (χ0) is 27.6. The summed E-state index contributed by atoms with van der Waals surface area (Å²) in [4.78, 5) is 34.7. The Morgan fingerprint density at radius 3 is 1.54 bits per heavy atom. The number of carbonyl (C=O) groups is 3. The number of hydrogen-bond donors (Lipinski definition) is 2. The van der Waals surface area contributed by atoms with Gasteiger partial charge in [0, 0.05) is 13.7 Å². The number of ether oxygens (including phenoxy) is 4. The largest absolute Gasteiger partial charge is 0.464 e. The first-order chi connectivity index (χ1) is 17.9. The van der Waals surface area contributed by atoms with Crippen LogP contribution < -0.4 is 10.6 Å². The first kappa shape index (κ1) is 34.7. The molecule has 0 saturated heterocycles. The van der Waals surface area contributed by atoms with Crippen LogP contribution in [0.5, 0.6) is 0 Å². The molecule has 0 aliphatic rings. The summed E-state index contributed by atoms with van der Waals surface area (Å²) in [6, 6.07) is 0. The monoisotopic (exact) mass is 528 g/mol. The normalized spacial score (nSPS) is 11.4. The quantitative estimate of drug-likeness (QED) is 0.0645.